The van der Waals surface area contributed by atoms with Crippen LogP contribution in [0.4, 0.5) is 0 Å². The average Bonchev–Trinajstić information content (AvgIpc) is 3.47. The lowest BCUT2D eigenvalue weighted by molar-refractivity contribution is 1.33. The number of benzene rings is 7. The third kappa shape index (κ3) is 5.25. The largest absolute Gasteiger partial charge is 0.246 e. The Kier molecular flexibility index (Phi) is 7.33. The molecule has 3 aromatic heterocycles. The van der Waals surface area contributed by atoms with Crippen molar-refractivity contribution in [2.75, 3.05) is 0 Å². The Morgan fingerprint density at radius 1 is 0.357 bits per heavy atom. The fourth-order valence-corrected chi connectivity index (χ4v) is 8.41. The Balaban J connectivity index is 0.999. The molecule has 10 aromatic rings. The quantitative estimate of drug-likeness (QED) is 0.171. The summed E-state index contributed by atoms with van der Waals surface area (Å²) in [4.78, 5) is 15.9. The first kappa shape index (κ1) is 32.0. The van der Waals surface area contributed by atoms with Crippen molar-refractivity contribution in [2.45, 2.75) is 0 Å². The third-order valence-electron chi connectivity index (χ3n) is 11.1. The summed E-state index contributed by atoms with van der Waals surface area (Å²) in [6.07, 6.45) is 8.59. The Morgan fingerprint density at radius 2 is 0.875 bits per heavy atom. The Bertz CT molecular complexity index is 3370. The molecule has 3 nitrogen and oxygen atoms in total. The molecule has 260 valence electrons. The van der Waals surface area contributed by atoms with Gasteiger partial charge in [-0.15, -0.1) is 0 Å². The predicted molar refractivity (Wildman–Crippen MR) is 236 cm³/mol. The SMILES string of the molecule is C=C1C=C(c2cccc(-c3nc4c5ccccc5c5ccccc5c4c4ccccc34)c2)C=CC(c2ccc3ccc4ccc(-c5ccccc5)nc4c3n2)=C1. The summed E-state index contributed by atoms with van der Waals surface area (Å²) in [6.45, 7) is 4.45. The van der Waals surface area contributed by atoms with Gasteiger partial charge >= 0.3 is 0 Å². The molecule has 11 rings (SSSR count). The maximum atomic E-state index is 5.51. The number of pyridine rings is 3. The fourth-order valence-electron chi connectivity index (χ4n) is 8.41. The molecule has 0 fully saturated rings. The van der Waals surface area contributed by atoms with Crippen LogP contribution in [0.1, 0.15) is 11.3 Å². The highest BCUT2D eigenvalue weighted by molar-refractivity contribution is 6.31. The van der Waals surface area contributed by atoms with Gasteiger partial charge in [-0.25, -0.2) is 15.0 Å². The molecule has 0 bridgehead atoms. The van der Waals surface area contributed by atoms with Crippen molar-refractivity contribution >= 4 is 76.2 Å². The molecular formula is C53H33N3. The van der Waals surface area contributed by atoms with Gasteiger partial charge in [-0.2, -0.15) is 0 Å². The smallest absolute Gasteiger partial charge is 0.0972 e. The minimum absolute atomic E-state index is 0.879. The molecule has 0 N–H and O–H groups in total. The van der Waals surface area contributed by atoms with Crippen LogP contribution >= 0.6 is 0 Å². The zero-order valence-corrected chi connectivity index (χ0v) is 30.4. The summed E-state index contributed by atoms with van der Waals surface area (Å²) >= 11 is 0. The first-order chi connectivity index (χ1) is 27.7. The molecule has 7 aromatic carbocycles. The standard InChI is InChI=1S/C53H33N3/c1-33-30-38(24-25-39(31-33)48-29-27-36-23-22-35-26-28-47(34-12-3-2-4-13-34)54-51(35)52(36)55-48)37-14-11-15-40(32-37)50-46-21-10-8-19-44(46)49-43-18-7-5-16-41(43)42-17-6-9-20-45(42)53(49)56-50/h2-32H,1H2. The van der Waals surface area contributed by atoms with E-state index in [1.54, 1.807) is 0 Å². The summed E-state index contributed by atoms with van der Waals surface area (Å²) < 4.78 is 0. The topological polar surface area (TPSA) is 38.7 Å². The van der Waals surface area contributed by atoms with Gasteiger partial charge < -0.3 is 0 Å². The normalized spacial score (nSPS) is 13.2. The van der Waals surface area contributed by atoms with Crippen LogP contribution in [0.15, 0.2) is 200 Å². The zero-order valence-electron chi connectivity index (χ0n) is 30.4. The van der Waals surface area contributed by atoms with Crippen molar-refractivity contribution in [2.24, 2.45) is 0 Å². The summed E-state index contributed by atoms with van der Waals surface area (Å²) in [5.41, 5.74) is 11.8. The second-order valence-corrected chi connectivity index (χ2v) is 14.5. The van der Waals surface area contributed by atoms with Gasteiger partial charge in [0, 0.05) is 43.6 Å². The molecule has 0 atom stereocenters. The maximum absolute atomic E-state index is 5.51. The van der Waals surface area contributed by atoms with Gasteiger partial charge in [-0.1, -0.05) is 164 Å². The Labute approximate surface area is 324 Å². The first-order valence-corrected chi connectivity index (χ1v) is 19.0. The number of nitrogens with zero attached hydrogens (tertiary/aromatic N) is 3. The highest BCUT2D eigenvalue weighted by atomic mass is 14.8. The Morgan fingerprint density at radius 3 is 1.62 bits per heavy atom. The maximum Gasteiger partial charge on any atom is 0.0972 e. The van der Waals surface area contributed by atoms with Gasteiger partial charge in [0.25, 0.3) is 0 Å². The number of hydrogen-bond donors (Lipinski definition) is 0. The van der Waals surface area contributed by atoms with Crippen molar-refractivity contribution in [3.8, 4) is 22.5 Å². The van der Waals surface area contributed by atoms with Crippen molar-refractivity contribution in [3.05, 3.63) is 212 Å². The van der Waals surface area contributed by atoms with Gasteiger partial charge in [0.05, 0.1) is 33.6 Å². The van der Waals surface area contributed by atoms with E-state index in [0.29, 0.717) is 0 Å². The van der Waals surface area contributed by atoms with Crippen LogP contribution in [0.25, 0.3) is 98.7 Å². The van der Waals surface area contributed by atoms with Crippen LogP contribution in [0, 0.1) is 0 Å². The molecule has 1 aliphatic rings. The van der Waals surface area contributed by atoms with E-state index in [0.717, 1.165) is 88.6 Å². The summed E-state index contributed by atoms with van der Waals surface area (Å²) in [6, 6.07) is 57.8. The van der Waals surface area contributed by atoms with E-state index < -0.39 is 0 Å². The highest BCUT2D eigenvalue weighted by Gasteiger charge is 2.17. The lowest BCUT2D eigenvalue weighted by Crippen LogP contribution is -1.93. The van der Waals surface area contributed by atoms with Gasteiger partial charge in [-0.3, -0.25) is 0 Å². The van der Waals surface area contributed by atoms with Crippen molar-refractivity contribution < 1.29 is 0 Å². The molecule has 0 saturated carbocycles. The van der Waals surface area contributed by atoms with E-state index in [9.17, 15) is 0 Å². The van der Waals surface area contributed by atoms with Gasteiger partial charge in [0.1, 0.15) is 0 Å². The highest BCUT2D eigenvalue weighted by Crippen LogP contribution is 2.41. The predicted octanol–water partition coefficient (Wildman–Crippen LogP) is 13.7. The minimum Gasteiger partial charge on any atom is -0.246 e. The van der Waals surface area contributed by atoms with Crippen molar-refractivity contribution in [3.63, 3.8) is 0 Å². The molecule has 1 aliphatic carbocycles. The van der Waals surface area contributed by atoms with Crippen molar-refractivity contribution in [1.29, 1.82) is 0 Å². The van der Waals surface area contributed by atoms with Gasteiger partial charge in [0.2, 0.25) is 0 Å². The van der Waals surface area contributed by atoms with E-state index in [4.69, 9.17) is 15.0 Å². The van der Waals surface area contributed by atoms with Crippen molar-refractivity contribution in [1.82, 2.24) is 15.0 Å². The molecule has 0 amide bonds. The summed E-state index contributed by atoms with van der Waals surface area (Å²) in [5, 5.41) is 10.5. The monoisotopic (exact) mass is 711 g/mol. The van der Waals surface area contributed by atoms with E-state index in [1.165, 1.54) is 26.9 Å². The second kappa shape index (κ2) is 12.8. The van der Waals surface area contributed by atoms with E-state index in [-0.39, 0.29) is 0 Å². The lowest BCUT2D eigenvalue weighted by Gasteiger charge is -2.15. The van der Waals surface area contributed by atoms with Crippen LogP contribution < -0.4 is 0 Å². The molecule has 0 radical (unpaired) electrons. The molecule has 3 heteroatoms. The van der Waals surface area contributed by atoms with Crippen LogP contribution in [-0.4, -0.2) is 15.0 Å². The summed E-state index contributed by atoms with van der Waals surface area (Å²) in [7, 11) is 0. The molecule has 56 heavy (non-hydrogen) atoms. The summed E-state index contributed by atoms with van der Waals surface area (Å²) in [5.74, 6) is 0. The number of allylic oxidation sites excluding steroid dienone is 7. The Hall–Kier alpha value is -7.49. The van der Waals surface area contributed by atoms with Crippen LogP contribution in [0.3, 0.4) is 0 Å². The molecule has 3 heterocycles. The second-order valence-electron chi connectivity index (χ2n) is 14.5. The average molecular weight is 712 g/mol. The number of hydrogen-bond acceptors (Lipinski definition) is 3. The van der Waals surface area contributed by atoms with E-state index in [2.05, 4.69) is 176 Å². The van der Waals surface area contributed by atoms with Gasteiger partial charge in [-0.05, 0) is 68.6 Å². The van der Waals surface area contributed by atoms with Crippen LogP contribution in [0.5, 0.6) is 0 Å². The van der Waals surface area contributed by atoms with Gasteiger partial charge in [0.15, 0.2) is 0 Å². The fraction of sp³-hybridized carbons (Fsp3) is 0. The minimum atomic E-state index is 0.879. The van der Waals surface area contributed by atoms with E-state index in [1.807, 2.05) is 18.2 Å². The van der Waals surface area contributed by atoms with E-state index >= 15 is 0 Å². The number of fused-ring (bicyclic) bond motifs is 11. The molecule has 0 saturated heterocycles. The molecule has 0 aliphatic heterocycles. The number of aromatic nitrogens is 3. The van der Waals surface area contributed by atoms with Crippen LogP contribution in [0.2, 0.25) is 0 Å². The molecular weight excluding hydrogens is 679 g/mol. The third-order valence-corrected chi connectivity index (χ3v) is 11.1. The molecule has 0 spiro atoms. The van der Waals surface area contributed by atoms with Crippen LogP contribution in [-0.2, 0) is 0 Å². The first-order valence-electron chi connectivity index (χ1n) is 19.0. The molecule has 0 unspecified atom stereocenters. The lowest BCUT2D eigenvalue weighted by atomic mass is 9.92. The number of rotatable bonds is 4. The zero-order chi connectivity index (χ0) is 37.2.